The Balaban J connectivity index is 0.00000261. The van der Waals surface area contributed by atoms with Crippen LogP contribution < -0.4 is 10.6 Å². The molecule has 7 heteroatoms. The lowest BCUT2D eigenvalue weighted by Crippen LogP contribution is -2.50. The number of guanidine groups is 1. The van der Waals surface area contributed by atoms with Crippen molar-refractivity contribution in [2.24, 2.45) is 4.99 Å². The summed E-state index contributed by atoms with van der Waals surface area (Å²) in [4.78, 5) is 7.35. The zero-order valence-corrected chi connectivity index (χ0v) is 18.8. The van der Waals surface area contributed by atoms with E-state index in [1.807, 2.05) is 12.1 Å². The Labute approximate surface area is 180 Å². The minimum atomic E-state index is 0. The molecule has 1 aromatic rings. The van der Waals surface area contributed by atoms with Crippen LogP contribution in [0, 0.1) is 0 Å². The molecule has 1 aliphatic carbocycles. The lowest BCUT2D eigenvalue weighted by Gasteiger charge is -2.36. The minimum Gasteiger partial charge on any atom is -0.469 e. The van der Waals surface area contributed by atoms with Crippen LogP contribution >= 0.6 is 24.0 Å². The summed E-state index contributed by atoms with van der Waals surface area (Å²) in [5.41, 5.74) is 0. The maximum absolute atomic E-state index is 5.40. The number of hydrogen-bond donors (Lipinski definition) is 2. The van der Waals surface area contributed by atoms with Crippen molar-refractivity contribution in [3.63, 3.8) is 0 Å². The van der Waals surface area contributed by atoms with Gasteiger partial charge in [-0.05, 0) is 37.8 Å². The van der Waals surface area contributed by atoms with Gasteiger partial charge < -0.3 is 24.7 Å². The third kappa shape index (κ3) is 7.62. The Morgan fingerprint density at radius 2 is 2.04 bits per heavy atom. The molecule has 0 bridgehead atoms. The van der Waals surface area contributed by atoms with Gasteiger partial charge in [-0.15, -0.1) is 24.0 Å². The second-order valence-corrected chi connectivity index (χ2v) is 7.37. The van der Waals surface area contributed by atoms with Crippen molar-refractivity contribution >= 4 is 29.9 Å². The van der Waals surface area contributed by atoms with Crippen LogP contribution in [0.1, 0.15) is 44.3 Å². The molecular weight excluding hydrogens is 455 g/mol. The highest BCUT2D eigenvalue weighted by atomic mass is 127. The molecule has 2 aliphatic rings. The third-order valence-electron chi connectivity index (χ3n) is 5.52. The number of hydrogen-bond acceptors (Lipinski definition) is 4. The highest BCUT2D eigenvalue weighted by Gasteiger charge is 2.27. The minimum absolute atomic E-state index is 0. The molecule has 0 amide bonds. The highest BCUT2D eigenvalue weighted by molar-refractivity contribution is 14.0. The van der Waals surface area contributed by atoms with Gasteiger partial charge >= 0.3 is 0 Å². The molecule has 0 unspecified atom stereocenters. The number of methoxy groups -OCH3 is 1. The fraction of sp³-hybridized carbons (Fsp3) is 0.750. The molecule has 27 heavy (non-hydrogen) atoms. The van der Waals surface area contributed by atoms with Gasteiger partial charge in [0.2, 0.25) is 0 Å². The molecule has 2 N–H and O–H groups in total. The lowest BCUT2D eigenvalue weighted by molar-refractivity contribution is 0.150. The summed E-state index contributed by atoms with van der Waals surface area (Å²) in [6.07, 6.45) is 10.6. The zero-order chi connectivity index (χ0) is 18.0. The fourth-order valence-electron chi connectivity index (χ4n) is 4.03. The van der Waals surface area contributed by atoms with E-state index < -0.39 is 0 Å². The van der Waals surface area contributed by atoms with Crippen molar-refractivity contribution in [3.8, 4) is 0 Å². The zero-order valence-electron chi connectivity index (χ0n) is 16.5. The Morgan fingerprint density at radius 3 is 2.70 bits per heavy atom. The van der Waals surface area contributed by atoms with E-state index in [1.165, 1.54) is 51.6 Å². The molecule has 6 nitrogen and oxygen atoms in total. The molecule has 0 atom stereocenters. The fourth-order valence-corrected chi connectivity index (χ4v) is 4.03. The lowest BCUT2D eigenvalue weighted by atomic mass is 10.0. The number of nitrogens with zero attached hydrogens (tertiary/aromatic N) is 2. The molecule has 1 saturated carbocycles. The number of nitrogens with one attached hydrogen (secondary N) is 2. The predicted octanol–water partition coefficient (Wildman–Crippen LogP) is 3.03. The molecule has 154 valence electrons. The summed E-state index contributed by atoms with van der Waals surface area (Å²) in [6.45, 7) is 4.55. The van der Waals surface area contributed by atoms with E-state index in [1.54, 1.807) is 13.4 Å². The van der Waals surface area contributed by atoms with Crippen LogP contribution in [-0.2, 0) is 11.2 Å². The van der Waals surface area contributed by atoms with E-state index >= 15 is 0 Å². The van der Waals surface area contributed by atoms with Crippen molar-refractivity contribution in [1.82, 2.24) is 15.5 Å². The van der Waals surface area contributed by atoms with Crippen molar-refractivity contribution < 1.29 is 9.15 Å². The van der Waals surface area contributed by atoms with Crippen molar-refractivity contribution in [2.75, 3.05) is 39.9 Å². The van der Waals surface area contributed by atoms with Gasteiger partial charge in [0.1, 0.15) is 5.76 Å². The molecule has 0 radical (unpaired) electrons. The second kappa shape index (κ2) is 12.6. The number of ether oxygens (including phenoxy) is 1. The average Bonchev–Trinajstić information content (AvgIpc) is 3.36. The van der Waals surface area contributed by atoms with Gasteiger partial charge in [0.15, 0.2) is 5.96 Å². The first-order chi connectivity index (χ1) is 12.8. The van der Waals surface area contributed by atoms with Crippen molar-refractivity contribution in [3.05, 3.63) is 24.2 Å². The van der Waals surface area contributed by atoms with Crippen LogP contribution in [-0.4, -0.2) is 62.8 Å². The molecule has 2 fully saturated rings. The van der Waals surface area contributed by atoms with Crippen LogP contribution in [0.3, 0.4) is 0 Å². The Morgan fingerprint density at radius 1 is 1.26 bits per heavy atom. The maximum Gasteiger partial charge on any atom is 0.191 e. The van der Waals surface area contributed by atoms with Gasteiger partial charge in [-0.1, -0.05) is 12.8 Å². The van der Waals surface area contributed by atoms with E-state index in [0.717, 1.165) is 30.7 Å². The summed E-state index contributed by atoms with van der Waals surface area (Å²) < 4.78 is 10.5. The highest BCUT2D eigenvalue weighted by Crippen LogP contribution is 2.26. The number of piperidine rings is 1. The van der Waals surface area contributed by atoms with E-state index in [0.29, 0.717) is 19.2 Å². The number of aliphatic imine (C=N–C) groups is 1. The SMILES string of the molecule is COCCN=C(NCCc1ccco1)NC1CCN(C2CCCC2)CC1.I. The van der Waals surface area contributed by atoms with E-state index in [9.17, 15) is 0 Å². The number of furan rings is 1. The Kier molecular flexibility index (Phi) is 10.5. The van der Waals surface area contributed by atoms with E-state index in [-0.39, 0.29) is 24.0 Å². The summed E-state index contributed by atoms with van der Waals surface area (Å²) in [6, 6.07) is 5.29. The Hall–Kier alpha value is -0.800. The molecular formula is C20H35IN4O2. The number of rotatable bonds is 8. The average molecular weight is 490 g/mol. The molecule has 1 aliphatic heterocycles. The van der Waals surface area contributed by atoms with Gasteiger partial charge in [0.05, 0.1) is 19.4 Å². The van der Waals surface area contributed by atoms with Crippen molar-refractivity contribution in [1.29, 1.82) is 0 Å². The molecule has 3 rings (SSSR count). The molecule has 0 aromatic carbocycles. The number of halogens is 1. The van der Waals surface area contributed by atoms with E-state index in [4.69, 9.17) is 9.15 Å². The summed E-state index contributed by atoms with van der Waals surface area (Å²) in [7, 11) is 1.71. The summed E-state index contributed by atoms with van der Waals surface area (Å²) in [5, 5.41) is 7.07. The van der Waals surface area contributed by atoms with Gasteiger partial charge in [0, 0.05) is 45.2 Å². The van der Waals surface area contributed by atoms with E-state index in [2.05, 4.69) is 20.5 Å². The third-order valence-corrected chi connectivity index (χ3v) is 5.52. The normalized spacial score (nSPS) is 19.8. The summed E-state index contributed by atoms with van der Waals surface area (Å²) >= 11 is 0. The first kappa shape index (κ1) is 22.5. The number of likely N-dealkylation sites (tertiary alicyclic amines) is 1. The standard InChI is InChI=1S/C20H34N4O2.HI/c1-25-16-12-22-20(21-11-8-19-7-4-15-26-19)23-17-9-13-24(14-10-17)18-5-2-3-6-18;/h4,7,15,17-18H,2-3,5-6,8-14,16H2,1H3,(H2,21,22,23);1H. The van der Waals surface area contributed by atoms with Crippen LogP contribution in [0.4, 0.5) is 0 Å². The smallest absolute Gasteiger partial charge is 0.191 e. The monoisotopic (exact) mass is 490 g/mol. The van der Waals surface area contributed by atoms with Gasteiger partial charge in [-0.2, -0.15) is 0 Å². The molecule has 0 spiro atoms. The van der Waals surface area contributed by atoms with Crippen molar-refractivity contribution in [2.45, 2.75) is 57.0 Å². The molecule has 1 aromatic heterocycles. The van der Waals surface area contributed by atoms with Crippen LogP contribution in [0.25, 0.3) is 0 Å². The molecule has 2 heterocycles. The largest absolute Gasteiger partial charge is 0.469 e. The van der Waals surface area contributed by atoms with Gasteiger partial charge in [0.25, 0.3) is 0 Å². The quantitative estimate of drug-likeness (QED) is 0.254. The molecule has 1 saturated heterocycles. The first-order valence-electron chi connectivity index (χ1n) is 10.2. The Bertz CT molecular complexity index is 524. The van der Waals surface area contributed by atoms with Crippen LogP contribution in [0.5, 0.6) is 0 Å². The van der Waals surface area contributed by atoms with Gasteiger partial charge in [-0.3, -0.25) is 4.99 Å². The van der Waals surface area contributed by atoms with Gasteiger partial charge in [-0.25, -0.2) is 0 Å². The topological polar surface area (TPSA) is 62.0 Å². The van der Waals surface area contributed by atoms with Crippen LogP contribution in [0.2, 0.25) is 0 Å². The maximum atomic E-state index is 5.40. The summed E-state index contributed by atoms with van der Waals surface area (Å²) in [5.74, 6) is 1.89. The van der Waals surface area contributed by atoms with Crippen LogP contribution in [0.15, 0.2) is 27.8 Å². The second-order valence-electron chi connectivity index (χ2n) is 7.37. The predicted molar refractivity (Wildman–Crippen MR) is 120 cm³/mol. The first-order valence-corrected chi connectivity index (χ1v) is 10.2.